The zero-order valence-corrected chi connectivity index (χ0v) is 15.6. The average molecular weight is 426 g/mol. The third kappa shape index (κ3) is 3.46. The van der Waals surface area contributed by atoms with Crippen molar-refractivity contribution >= 4 is 33.2 Å². The van der Waals surface area contributed by atoms with E-state index < -0.39 is 17.6 Å². The third-order valence-corrected chi connectivity index (χ3v) is 4.60. The molecule has 0 aliphatic rings. The summed E-state index contributed by atoms with van der Waals surface area (Å²) in [6.07, 6.45) is -3.18. The number of alkyl halides is 3. The Morgan fingerprint density at radius 1 is 1.27 bits per heavy atom. The van der Waals surface area contributed by atoms with Crippen LogP contribution in [0.1, 0.15) is 34.2 Å². The van der Waals surface area contributed by atoms with Gasteiger partial charge in [-0.1, -0.05) is 13.0 Å². The summed E-state index contributed by atoms with van der Waals surface area (Å²) >= 11 is 3.38. The van der Waals surface area contributed by atoms with Gasteiger partial charge in [-0.25, -0.2) is 4.98 Å². The summed E-state index contributed by atoms with van der Waals surface area (Å²) in [5, 5.41) is 2.74. The summed E-state index contributed by atoms with van der Waals surface area (Å²) in [7, 11) is 0. The highest BCUT2D eigenvalue weighted by atomic mass is 79.9. The Morgan fingerprint density at radius 2 is 2.00 bits per heavy atom. The number of hydrogen-bond acceptors (Lipinski definition) is 2. The predicted octanol–water partition coefficient (Wildman–Crippen LogP) is 5.24. The van der Waals surface area contributed by atoms with Crippen LogP contribution in [-0.4, -0.2) is 15.3 Å². The predicted molar refractivity (Wildman–Crippen MR) is 96.4 cm³/mol. The number of benzene rings is 1. The van der Waals surface area contributed by atoms with Crippen LogP contribution in [-0.2, 0) is 12.6 Å². The molecule has 3 aromatic rings. The van der Waals surface area contributed by atoms with E-state index in [0.29, 0.717) is 27.9 Å². The van der Waals surface area contributed by atoms with E-state index in [2.05, 4.69) is 26.2 Å². The van der Waals surface area contributed by atoms with Crippen molar-refractivity contribution in [2.45, 2.75) is 26.4 Å². The van der Waals surface area contributed by atoms with Crippen LogP contribution in [0.15, 0.2) is 41.0 Å². The lowest BCUT2D eigenvalue weighted by atomic mass is 10.2. The number of aryl methyl sites for hydroxylation is 2. The number of amides is 1. The first kappa shape index (κ1) is 18.4. The van der Waals surface area contributed by atoms with Gasteiger partial charge in [0.25, 0.3) is 5.91 Å². The number of carbonyl (C=O) groups excluding carboxylic acids is 1. The summed E-state index contributed by atoms with van der Waals surface area (Å²) in [4.78, 5) is 17.1. The van der Waals surface area contributed by atoms with E-state index in [1.807, 2.05) is 19.1 Å². The topological polar surface area (TPSA) is 46.4 Å². The van der Waals surface area contributed by atoms with Crippen LogP contribution in [0.5, 0.6) is 0 Å². The van der Waals surface area contributed by atoms with Crippen molar-refractivity contribution in [2.75, 3.05) is 5.32 Å². The first-order valence-corrected chi connectivity index (χ1v) is 8.65. The van der Waals surface area contributed by atoms with Crippen LogP contribution >= 0.6 is 15.9 Å². The van der Waals surface area contributed by atoms with Gasteiger partial charge in [0, 0.05) is 10.7 Å². The minimum absolute atomic E-state index is 0.0982. The lowest BCUT2D eigenvalue weighted by Gasteiger charge is -2.11. The summed E-state index contributed by atoms with van der Waals surface area (Å²) < 4.78 is 41.0. The van der Waals surface area contributed by atoms with Gasteiger partial charge >= 0.3 is 6.18 Å². The molecule has 26 heavy (non-hydrogen) atoms. The first-order chi connectivity index (χ1) is 12.2. The fourth-order valence-electron chi connectivity index (χ4n) is 2.65. The number of nitrogens with one attached hydrogen (secondary N) is 1. The second kappa shape index (κ2) is 6.75. The first-order valence-electron chi connectivity index (χ1n) is 7.86. The highest BCUT2D eigenvalue weighted by molar-refractivity contribution is 9.10. The van der Waals surface area contributed by atoms with Gasteiger partial charge in [-0.05, 0) is 59.1 Å². The van der Waals surface area contributed by atoms with E-state index >= 15 is 0 Å². The molecule has 0 aliphatic heterocycles. The van der Waals surface area contributed by atoms with E-state index in [0.717, 1.165) is 17.8 Å². The molecule has 0 unspecified atom stereocenters. The second-order valence-corrected chi connectivity index (χ2v) is 6.70. The highest BCUT2D eigenvalue weighted by Crippen LogP contribution is 2.30. The molecular formula is C18H15BrF3N3O. The molecule has 136 valence electrons. The Bertz CT molecular complexity index is 995. The highest BCUT2D eigenvalue weighted by Gasteiger charge is 2.32. The molecule has 8 heteroatoms. The fourth-order valence-corrected chi connectivity index (χ4v) is 3.24. The van der Waals surface area contributed by atoms with E-state index in [1.54, 1.807) is 13.0 Å². The molecule has 0 radical (unpaired) electrons. The monoisotopic (exact) mass is 425 g/mol. The maximum absolute atomic E-state index is 13.0. The summed E-state index contributed by atoms with van der Waals surface area (Å²) in [5.74, 6) is -0.516. The zero-order valence-electron chi connectivity index (χ0n) is 14.0. The molecule has 2 heterocycles. The van der Waals surface area contributed by atoms with Gasteiger partial charge in [0.05, 0.1) is 16.9 Å². The average Bonchev–Trinajstić information content (AvgIpc) is 2.94. The molecule has 0 fully saturated rings. The molecule has 0 atom stereocenters. The molecule has 0 saturated heterocycles. The molecule has 0 bridgehead atoms. The Balaban J connectivity index is 2.08. The molecule has 3 rings (SSSR count). The minimum Gasteiger partial charge on any atom is -0.320 e. The second-order valence-electron chi connectivity index (χ2n) is 5.84. The molecule has 0 aliphatic carbocycles. The number of nitrogens with zero attached hydrogens (tertiary/aromatic N) is 2. The van der Waals surface area contributed by atoms with Crippen LogP contribution in [0.4, 0.5) is 18.9 Å². The standard InChI is InChI=1S/C18H15BrF3N3O/c1-3-13-16(17(26)24-14-6-4-10(2)8-12(14)19)25-9-11(18(20,21)22)5-7-15(25)23-13/h4-9H,3H2,1-2H3,(H,24,26). The molecular weight excluding hydrogens is 411 g/mol. The van der Waals surface area contributed by atoms with Crippen molar-refractivity contribution in [1.82, 2.24) is 9.38 Å². The van der Waals surface area contributed by atoms with E-state index in [4.69, 9.17) is 0 Å². The van der Waals surface area contributed by atoms with Gasteiger partial charge in [0.15, 0.2) is 0 Å². The normalized spacial score (nSPS) is 11.8. The Kier molecular flexibility index (Phi) is 4.79. The summed E-state index contributed by atoms with van der Waals surface area (Å²) in [6, 6.07) is 7.62. The SMILES string of the molecule is CCc1nc2ccc(C(F)(F)F)cn2c1C(=O)Nc1ccc(C)cc1Br. The van der Waals surface area contributed by atoms with E-state index in [-0.39, 0.29) is 5.69 Å². The Hall–Kier alpha value is -2.35. The van der Waals surface area contributed by atoms with Crippen molar-refractivity contribution in [1.29, 1.82) is 0 Å². The van der Waals surface area contributed by atoms with Crippen LogP contribution in [0.2, 0.25) is 0 Å². The number of pyridine rings is 1. The largest absolute Gasteiger partial charge is 0.417 e. The van der Waals surface area contributed by atoms with Gasteiger partial charge in [-0.15, -0.1) is 0 Å². The van der Waals surface area contributed by atoms with Crippen molar-refractivity contribution in [3.8, 4) is 0 Å². The fraction of sp³-hybridized carbons (Fsp3) is 0.222. The number of aromatic nitrogens is 2. The Morgan fingerprint density at radius 3 is 2.62 bits per heavy atom. The van der Waals surface area contributed by atoms with Gasteiger partial charge in [-0.3, -0.25) is 9.20 Å². The van der Waals surface area contributed by atoms with Crippen LogP contribution in [0.25, 0.3) is 5.65 Å². The van der Waals surface area contributed by atoms with Gasteiger partial charge in [-0.2, -0.15) is 13.2 Å². The number of halogens is 4. The van der Waals surface area contributed by atoms with Crippen LogP contribution < -0.4 is 5.32 Å². The molecule has 1 N–H and O–H groups in total. The lowest BCUT2D eigenvalue weighted by Crippen LogP contribution is -2.17. The number of rotatable bonds is 3. The van der Waals surface area contributed by atoms with Crippen LogP contribution in [0.3, 0.4) is 0 Å². The molecule has 4 nitrogen and oxygen atoms in total. The third-order valence-electron chi connectivity index (χ3n) is 3.94. The maximum atomic E-state index is 13.0. The quantitative estimate of drug-likeness (QED) is 0.623. The number of hydrogen-bond donors (Lipinski definition) is 1. The summed E-state index contributed by atoms with van der Waals surface area (Å²) in [5.41, 5.74) is 1.53. The molecule has 2 aromatic heterocycles. The van der Waals surface area contributed by atoms with Crippen molar-refractivity contribution in [3.05, 3.63) is 63.5 Å². The number of carbonyl (C=O) groups is 1. The molecule has 1 amide bonds. The van der Waals surface area contributed by atoms with Gasteiger partial charge in [0.1, 0.15) is 11.3 Å². The summed E-state index contributed by atoms with van der Waals surface area (Å²) in [6.45, 7) is 3.71. The van der Waals surface area contributed by atoms with Crippen molar-refractivity contribution < 1.29 is 18.0 Å². The minimum atomic E-state index is -4.50. The number of anilines is 1. The van der Waals surface area contributed by atoms with E-state index in [1.165, 1.54) is 10.5 Å². The number of imidazole rings is 1. The maximum Gasteiger partial charge on any atom is 0.417 e. The molecule has 1 aromatic carbocycles. The number of fused-ring (bicyclic) bond motifs is 1. The zero-order chi connectivity index (χ0) is 19.1. The van der Waals surface area contributed by atoms with Gasteiger partial charge in [0.2, 0.25) is 0 Å². The lowest BCUT2D eigenvalue weighted by molar-refractivity contribution is -0.137. The molecule has 0 saturated carbocycles. The smallest absolute Gasteiger partial charge is 0.320 e. The molecule has 0 spiro atoms. The Labute approximate surface area is 156 Å². The van der Waals surface area contributed by atoms with Crippen molar-refractivity contribution in [3.63, 3.8) is 0 Å². The van der Waals surface area contributed by atoms with Gasteiger partial charge < -0.3 is 5.32 Å². The van der Waals surface area contributed by atoms with Crippen molar-refractivity contribution in [2.24, 2.45) is 0 Å². The van der Waals surface area contributed by atoms with E-state index in [9.17, 15) is 18.0 Å². The van der Waals surface area contributed by atoms with Crippen LogP contribution in [0, 0.1) is 6.92 Å².